The predicted molar refractivity (Wildman–Crippen MR) is 94.6 cm³/mol. The van der Waals surface area contributed by atoms with Crippen LogP contribution in [0, 0.1) is 18.3 Å². The van der Waals surface area contributed by atoms with E-state index >= 15 is 0 Å². The molecule has 2 N–H and O–H groups in total. The second kappa shape index (κ2) is 7.29. The monoisotopic (exact) mass is 319 g/mol. The molecule has 1 aromatic carbocycles. The highest BCUT2D eigenvalue weighted by atomic mass is 16.5. The zero-order valence-electron chi connectivity index (χ0n) is 13.8. The molecule has 1 fully saturated rings. The molecule has 24 heavy (non-hydrogen) atoms. The topological polar surface area (TPSA) is 71.9 Å². The van der Waals surface area contributed by atoms with Crippen LogP contribution in [0.3, 0.4) is 0 Å². The second-order valence-electron chi connectivity index (χ2n) is 6.24. The largest absolute Gasteiger partial charge is 0.439 e. The number of aryl methyl sites for hydroxylation is 1. The van der Waals surface area contributed by atoms with E-state index in [2.05, 4.69) is 23.2 Å². The van der Waals surface area contributed by atoms with Crippen molar-refractivity contribution in [2.75, 3.05) is 0 Å². The maximum absolute atomic E-state index is 9.07. The number of aromatic nitrogens is 1. The van der Waals surface area contributed by atoms with Crippen LogP contribution in [0.2, 0.25) is 0 Å². The summed E-state index contributed by atoms with van der Waals surface area (Å²) in [5.41, 5.74) is 9.75. The molecular formula is C20H21N3O. The molecule has 1 aliphatic carbocycles. The van der Waals surface area contributed by atoms with E-state index in [1.807, 2.05) is 31.2 Å². The third-order valence-corrected chi connectivity index (χ3v) is 4.30. The van der Waals surface area contributed by atoms with E-state index in [0.29, 0.717) is 17.6 Å². The Hall–Kier alpha value is -2.64. The molecule has 0 unspecified atom stereocenters. The van der Waals surface area contributed by atoms with E-state index < -0.39 is 0 Å². The highest BCUT2D eigenvalue weighted by Crippen LogP contribution is 2.27. The van der Waals surface area contributed by atoms with Crippen LogP contribution >= 0.6 is 0 Å². The lowest BCUT2D eigenvalue weighted by molar-refractivity contribution is 0.462. The molecule has 0 amide bonds. The molecule has 4 heteroatoms. The minimum atomic E-state index is 0.346. The van der Waals surface area contributed by atoms with Crippen molar-refractivity contribution in [1.29, 1.82) is 5.26 Å². The van der Waals surface area contributed by atoms with Crippen LogP contribution in [0.1, 0.15) is 42.5 Å². The van der Waals surface area contributed by atoms with Crippen LogP contribution in [0.4, 0.5) is 0 Å². The molecule has 2 aromatic rings. The lowest BCUT2D eigenvalue weighted by Gasteiger charge is -2.20. The van der Waals surface area contributed by atoms with Crippen molar-refractivity contribution < 1.29 is 4.74 Å². The Kier molecular flexibility index (Phi) is 4.93. The lowest BCUT2D eigenvalue weighted by atomic mass is 9.90. The molecule has 1 aromatic heterocycles. The first-order valence-corrected chi connectivity index (χ1v) is 8.25. The molecular weight excluding hydrogens is 298 g/mol. The van der Waals surface area contributed by atoms with Gasteiger partial charge in [0.1, 0.15) is 17.5 Å². The predicted octanol–water partition coefficient (Wildman–Crippen LogP) is 4.34. The first kappa shape index (κ1) is 16.2. The fourth-order valence-corrected chi connectivity index (χ4v) is 2.86. The highest BCUT2D eigenvalue weighted by Gasteiger charge is 2.12. The summed E-state index contributed by atoms with van der Waals surface area (Å²) in [5, 5.41) is 9.07. The van der Waals surface area contributed by atoms with Crippen molar-refractivity contribution >= 4 is 6.08 Å². The molecule has 0 saturated heterocycles. The first-order valence-electron chi connectivity index (χ1n) is 8.25. The third-order valence-electron chi connectivity index (χ3n) is 4.30. The molecule has 0 aliphatic heterocycles. The summed E-state index contributed by atoms with van der Waals surface area (Å²) in [6.07, 6.45) is 6.48. The van der Waals surface area contributed by atoms with Crippen molar-refractivity contribution in [3.05, 3.63) is 58.8 Å². The summed E-state index contributed by atoms with van der Waals surface area (Å²) in [6.45, 7) is 1.86. The number of ether oxygens (including phenoxy) is 1. The van der Waals surface area contributed by atoms with E-state index in [1.54, 1.807) is 6.07 Å². The number of hydrogen-bond acceptors (Lipinski definition) is 4. The molecule has 3 rings (SSSR count). The summed E-state index contributed by atoms with van der Waals surface area (Å²) in [6, 6.07) is 14.0. The Bertz CT molecular complexity index is 795. The third kappa shape index (κ3) is 4.01. The van der Waals surface area contributed by atoms with Gasteiger partial charge in [0.25, 0.3) is 0 Å². The number of benzene rings is 1. The van der Waals surface area contributed by atoms with Crippen LogP contribution in [0.25, 0.3) is 6.08 Å². The van der Waals surface area contributed by atoms with Crippen molar-refractivity contribution in [3.63, 3.8) is 0 Å². The van der Waals surface area contributed by atoms with Crippen LogP contribution in [-0.2, 0) is 0 Å². The van der Waals surface area contributed by atoms with E-state index in [0.717, 1.165) is 42.6 Å². The molecule has 1 aliphatic rings. The highest BCUT2D eigenvalue weighted by molar-refractivity contribution is 5.55. The Morgan fingerprint density at radius 1 is 1.25 bits per heavy atom. The minimum absolute atomic E-state index is 0.346. The van der Waals surface area contributed by atoms with Crippen molar-refractivity contribution in [2.24, 2.45) is 5.73 Å². The summed E-state index contributed by atoms with van der Waals surface area (Å²) < 4.78 is 5.81. The van der Waals surface area contributed by atoms with Gasteiger partial charge in [-0.1, -0.05) is 29.8 Å². The van der Waals surface area contributed by atoms with Gasteiger partial charge in [0.2, 0.25) is 5.88 Å². The van der Waals surface area contributed by atoms with Crippen LogP contribution in [-0.4, -0.2) is 11.0 Å². The van der Waals surface area contributed by atoms with Gasteiger partial charge in [-0.2, -0.15) is 5.26 Å². The smallest absolute Gasteiger partial charge is 0.220 e. The van der Waals surface area contributed by atoms with Crippen molar-refractivity contribution in [2.45, 2.75) is 38.6 Å². The number of nitrogens with two attached hydrogens (primary N) is 1. The molecule has 0 bridgehead atoms. The Labute approximate surface area is 142 Å². The first-order chi connectivity index (χ1) is 11.6. The zero-order chi connectivity index (χ0) is 16.9. The van der Waals surface area contributed by atoms with Gasteiger partial charge in [0, 0.05) is 12.1 Å². The zero-order valence-corrected chi connectivity index (χ0v) is 13.8. The van der Waals surface area contributed by atoms with E-state index in [-0.39, 0.29) is 0 Å². The number of pyridine rings is 1. The number of hydrogen-bond donors (Lipinski definition) is 1. The average Bonchev–Trinajstić information content (AvgIpc) is 2.59. The van der Waals surface area contributed by atoms with Gasteiger partial charge < -0.3 is 10.5 Å². The summed E-state index contributed by atoms with van der Waals surface area (Å²) in [7, 11) is 0. The number of allylic oxidation sites excluding steroid dienone is 1. The fourth-order valence-electron chi connectivity index (χ4n) is 2.86. The van der Waals surface area contributed by atoms with E-state index in [4.69, 9.17) is 15.7 Å². The van der Waals surface area contributed by atoms with E-state index in [1.165, 1.54) is 5.57 Å². The van der Waals surface area contributed by atoms with Gasteiger partial charge in [-0.3, -0.25) is 0 Å². The quantitative estimate of drug-likeness (QED) is 0.913. The normalized spacial score (nSPS) is 17.2. The minimum Gasteiger partial charge on any atom is -0.439 e. The second-order valence-corrected chi connectivity index (χ2v) is 6.24. The Balaban J connectivity index is 1.76. The fraction of sp³-hybridized carbons (Fsp3) is 0.300. The Morgan fingerprint density at radius 2 is 2.04 bits per heavy atom. The van der Waals surface area contributed by atoms with Crippen molar-refractivity contribution in [3.8, 4) is 17.7 Å². The molecule has 1 heterocycles. The maximum Gasteiger partial charge on any atom is 0.220 e. The summed E-state index contributed by atoms with van der Waals surface area (Å²) >= 11 is 0. The maximum atomic E-state index is 9.07. The number of nitriles is 1. The number of rotatable bonds is 3. The van der Waals surface area contributed by atoms with Gasteiger partial charge in [0.05, 0.1) is 0 Å². The van der Waals surface area contributed by atoms with Gasteiger partial charge in [-0.25, -0.2) is 4.98 Å². The average molecular weight is 319 g/mol. The molecule has 0 atom stereocenters. The van der Waals surface area contributed by atoms with Crippen LogP contribution in [0.15, 0.2) is 42.0 Å². The van der Waals surface area contributed by atoms with Crippen LogP contribution < -0.4 is 10.5 Å². The van der Waals surface area contributed by atoms with E-state index in [9.17, 15) is 0 Å². The van der Waals surface area contributed by atoms with Gasteiger partial charge in [-0.15, -0.1) is 0 Å². The number of nitrogens with zero attached hydrogens (tertiary/aromatic N) is 2. The molecule has 1 saturated carbocycles. The van der Waals surface area contributed by atoms with Gasteiger partial charge >= 0.3 is 0 Å². The standard InChI is InChI=1S/C20H21N3O/c1-14-5-10-20(23-19(14)13-21)24-18-4-2-3-16(12-18)11-15-6-8-17(22)9-7-15/h2-5,10-12,17H,6-9,22H2,1H3. The molecule has 0 spiro atoms. The molecule has 122 valence electrons. The summed E-state index contributed by atoms with van der Waals surface area (Å²) in [4.78, 5) is 4.23. The van der Waals surface area contributed by atoms with Crippen LogP contribution in [0.5, 0.6) is 11.6 Å². The van der Waals surface area contributed by atoms with Gasteiger partial charge in [-0.05, 0) is 55.9 Å². The molecule has 4 nitrogen and oxygen atoms in total. The summed E-state index contributed by atoms with van der Waals surface area (Å²) in [5.74, 6) is 1.16. The SMILES string of the molecule is Cc1ccc(Oc2cccc(C=C3CCC(N)CC3)c2)nc1C#N. The lowest BCUT2D eigenvalue weighted by Crippen LogP contribution is -2.23. The molecule has 0 radical (unpaired) electrons. The Morgan fingerprint density at radius 3 is 2.79 bits per heavy atom. The van der Waals surface area contributed by atoms with Crippen molar-refractivity contribution in [1.82, 2.24) is 4.98 Å². The van der Waals surface area contributed by atoms with Gasteiger partial charge in [0.15, 0.2) is 0 Å².